The number of aliphatic hydroxyl groups is 1. The molecule has 0 radical (unpaired) electrons. The van der Waals surface area contributed by atoms with E-state index in [1.165, 1.54) is 4.90 Å². The minimum absolute atomic E-state index is 0.188. The van der Waals surface area contributed by atoms with Gasteiger partial charge in [0, 0.05) is 12.5 Å². The van der Waals surface area contributed by atoms with E-state index >= 15 is 0 Å². The number of rotatable bonds is 7. The Morgan fingerprint density at radius 3 is 2.38 bits per heavy atom. The molecule has 146 valence electrons. The van der Waals surface area contributed by atoms with Gasteiger partial charge in [-0.25, -0.2) is 4.79 Å². The van der Waals surface area contributed by atoms with E-state index in [0.29, 0.717) is 25.2 Å². The smallest absolute Gasteiger partial charge is 0.408 e. The van der Waals surface area contributed by atoms with Crippen molar-refractivity contribution in [2.24, 2.45) is 11.3 Å². The molecule has 2 fully saturated rings. The summed E-state index contributed by atoms with van der Waals surface area (Å²) in [4.78, 5) is 26.8. The summed E-state index contributed by atoms with van der Waals surface area (Å²) in [5, 5.41) is 22.0. The zero-order valence-corrected chi connectivity index (χ0v) is 16.2. The highest BCUT2D eigenvalue weighted by Gasteiger charge is 2.50. The second-order valence-corrected chi connectivity index (χ2v) is 8.73. The maximum atomic E-state index is 13.1. The number of hydrogen-bond donors (Lipinski definition) is 2. The summed E-state index contributed by atoms with van der Waals surface area (Å²) in [7, 11) is 1.60. The molecule has 0 aromatic carbocycles. The molecule has 0 saturated heterocycles. The first-order chi connectivity index (χ1) is 12.1. The molecule has 2 saturated carbocycles. The van der Waals surface area contributed by atoms with Crippen molar-refractivity contribution in [1.82, 2.24) is 10.2 Å². The third-order valence-electron chi connectivity index (χ3n) is 5.40. The molecule has 2 aliphatic carbocycles. The molecule has 0 aromatic heterocycles. The van der Waals surface area contributed by atoms with Gasteiger partial charge in [-0.2, -0.15) is 5.26 Å². The molecule has 2 N–H and O–H groups in total. The maximum Gasteiger partial charge on any atom is 0.408 e. The van der Waals surface area contributed by atoms with Crippen LogP contribution in [0.3, 0.4) is 0 Å². The van der Waals surface area contributed by atoms with Crippen molar-refractivity contribution in [3.8, 4) is 6.07 Å². The zero-order chi connectivity index (χ0) is 19.5. The fourth-order valence-electron chi connectivity index (χ4n) is 3.40. The zero-order valence-electron chi connectivity index (χ0n) is 16.2. The second kappa shape index (κ2) is 7.83. The van der Waals surface area contributed by atoms with Gasteiger partial charge in [0.2, 0.25) is 5.91 Å². The lowest BCUT2D eigenvalue weighted by Crippen LogP contribution is -2.61. The third kappa shape index (κ3) is 4.88. The number of alkyl carbamates (subject to hydrolysis) is 1. The van der Waals surface area contributed by atoms with Crippen LogP contribution in [0.2, 0.25) is 0 Å². The molecule has 1 unspecified atom stereocenters. The minimum atomic E-state index is -0.892. The van der Waals surface area contributed by atoms with Crippen LogP contribution >= 0.6 is 0 Å². The molecule has 7 nitrogen and oxygen atoms in total. The van der Waals surface area contributed by atoms with Gasteiger partial charge in [-0.15, -0.1) is 0 Å². The van der Waals surface area contributed by atoms with Gasteiger partial charge in [-0.05, 0) is 46.0 Å². The average molecular weight is 365 g/mol. The quantitative estimate of drug-likeness (QED) is 0.720. The number of ether oxygens (including phenoxy) is 1. The van der Waals surface area contributed by atoms with Crippen LogP contribution in [0.15, 0.2) is 0 Å². The molecule has 2 atom stereocenters. The Kier molecular flexibility index (Phi) is 6.17. The SMILES string of the molecule is CN(C(=O)[C@@H](NC(=O)OC(C)(C)C)C1(CO)CCC1)C(C#N)CC1CC1. The summed E-state index contributed by atoms with van der Waals surface area (Å²) in [5.41, 5.74) is -1.36. The third-order valence-corrected chi connectivity index (χ3v) is 5.40. The molecule has 2 aliphatic rings. The van der Waals surface area contributed by atoms with Gasteiger partial charge < -0.3 is 20.1 Å². The second-order valence-electron chi connectivity index (χ2n) is 8.73. The molecule has 0 heterocycles. The molecule has 0 aromatic rings. The van der Waals surface area contributed by atoms with Crippen molar-refractivity contribution in [1.29, 1.82) is 5.26 Å². The van der Waals surface area contributed by atoms with Crippen molar-refractivity contribution >= 4 is 12.0 Å². The Morgan fingerprint density at radius 2 is 2.00 bits per heavy atom. The number of nitrogens with zero attached hydrogens (tertiary/aromatic N) is 2. The van der Waals surface area contributed by atoms with Crippen LogP contribution < -0.4 is 5.32 Å². The summed E-state index contributed by atoms with van der Waals surface area (Å²) in [6.07, 6.45) is 4.38. The number of carbonyl (C=O) groups excluding carboxylic acids is 2. The lowest BCUT2D eigenvalue weighted by atomic mass is 9.64. The van der Waals surface area contributed by atoms with Crippen molar-refractivity contribution in [3.63, 3.8) is 0 Å². The normalized spacial score (nSPS) is 20.9. The van der Waals surface area contributed by atoms with Gasteiger partial charge in [-0.3, -0.25) is 4.79 Å². The van der Waals surface area contributed by atoms with Gasteiger partial charge in [0.1, 0.15) is 17.7 Å². The molecule has 0 bridgehead atoms. The van der Waals surface area contributed by atoms with Crippen molar-refractivity contribution in [3.05, 3.63) is 0 Å². The first-order valence-corrected chi connectivity index (χ1v) is 9.38. The minimum Gasteiger partial charge on any atom is -0.444 e. The van der Waals surface area contributed by atoms with Crippen LogP contribution in [0.1, 0.15) is 59.3 Å². The van der Waals surface area contributed by atoms with E-state index in [1.807, 2.05) is 0 Å². The van der Waals surface area contributed by atoms with E-state index < -0.39 is 29.2 Å². The van der Waals surface area contributed by atoms with Crippen LogP contribution in [0.4, 0.5) is 4.79 Å². The first-order valence-electron chi connectivity index (χ1n) is 9.38. The standard InChI is InChI=1S/C19H31N3O4/c1-18(2,3)26-17(25)21-15(19(12-23)8-5-9-19)16(24)22(4)14(11-20)10-13-6-7-13/h13-15,23H,5-10,12H2,1-4H3,(H,21,25)/t14?,15-/m1/s1. The summed E-state index contributed by atoms with van der Waals surface area (Å²) < 4.78 is 5.30. The lowest BCUT2D eigenvalue weighted by molar-refractivity contribution is -0.141. The molecule has 2 rings (SSSR count). The molecule has 0 spiro atoms. The fourth-order valence-corrected chi connectivity index (χ4v) is 3.40. The van der Waals surface area contributed by atoms with Gasteiger partial charge in [0.15, 0.2) is 0 Å². The predicted molar refractivity (Wildman–Crippen MR) is 96.0 cm³/mol. The van der Waals surface area contributed by atoms with E-state index in [1.54, 1.807) is 27.8 Å². The molecule has 7 heteroatoms. The van der Waals surface area contributed by atoms with Crippen LogP contribution in [0.5, 0.6) is 0 Å². The highest BCUT2D eigenvalue weighted by atomic mass is 16.6. The topological polar surface area (TPSA) is 103 Å². The Hall–Kier alpha value is -1.81. The van der Waals surface area contributed by atoms with E-state index in [2.05, 4.69) is 11.4 Å². The molecular weight excluding hydrogens is 334 g/mol. The largest absolute Gasteiger partial charge is 0.444 e. The Bertz CT molecular complexity index is 565. The van der Waals surface area contributed by atoms with Crippen LogP contribution in [-0.4, -0.2) is 53.3 Å². The van der Waals surface area contributed by atoms with Gasteiger partial charge in [0.05, 0.1) is 12.7 Å². The van der Waals surface area contributed by atoms with E-state index in [4.69, 9.17) is 4.74 Å². The maximum absolute atomic E-state index is 13.1. The lowest BCUT2D eigenvalue weighted by Gasteiger charge is -2.47. The highest BCUT2D eigenvalue weighted by molar-refractivity contribution is 5.87. The molecule has 0 aliphatic heterocycles. The van der Waals surface area contributed by atoms with Crippen LogP contribution in [-0.2, 0) is 9.53 Å². The van der Waals surface area contributed by atoms with E-state index in [9.17, 15) is 20.0 Å². The number of aliphatic hydroxyl groups excluding tert-OH is 1. The summed E-state index contributed by atoms with van der Waals surface area (Å²) in [6.45, 7) is 5.07. The summed E-state index contributed by atoms with van der Waals surface area (Å²) in [5.74, 6) is 0.166. The van der Waals surface area contributed by atoms with Crippen molar-refractivity contribution in [2.45, 2.75) is 77.0 Å². The molecule has 26 heavy (non-hydrogen) atoms. The van der Waals surface area contributed by atoms with Gasteiger partial charge in [-0.1, -0.05) is 19.3 Å². The number of amides is 2. The fraction of sp³-hybridized carbons (Fsp3) is 0.842. The number of hydrogen-bond acceptors (Lipinski definition) is 5. The van der Waals surface area contributed by atoms with Gasteiger partial charge in [0.25, 0.3) is 0 Å². The number of likely N-dealkylation sites (N-methyl/N-ethyl adjacent to an activating group) is 1. The highest BCUT2D eigenvalue weighted by Crippen LogP contribution is 2.44. The number of carbonyl (C=O) groups is 2. The summed E-state index contributed by atoms with van der Waals surface area (Å²) >= 11 is 0. The van der Waals surface area contributed by atoms with E-state index in [-0.39, 0.29) is 12.5 Å². The first kappa shape index (κ1) is 20.5. The number of nitriles is 1. The Labute approximate surface area is 155 Å². The van der Waals surface area contributed by atoms with E-state index in [0.717, 1.165) is 19.3 Å². The van der Waals surface area contributed by atoms with Gasteiger partial charge >= 0.3 is 6.09 Å². The summed E-state index contributed by atoms with van der Waals surface area (Å²) in [6, 6.07) is 0.793. The Morgan fingerprint density at radius 1 is 1.38 bits per heavy atom. The van der Waals surface area contributed by atoms with Crippen molar-refractivity contribution < 1.29 is 19.4 Å². The van der Waals surface area contributed by atoms with Crippen LogP contribution in [0, 0.1) is 22.7 Å². The average Bonchev–Trinajstić information content (AvgIpc) is 3.32. The number of nitrogens with one attached hydrogen (secondary N) is 1. The Balaban J connectivity index is 2.15. The molecular formula is C19H31N3O4. The molecule has 2 amide bonds. The monoisotopic (exact) mass is 365 g/mol. The van der Waals surface area contributed by atoms with Crippen molar-refractivity contribution in [2.75, 3.05) is 13.7 Å². The van der Waals surface area contributed by atoms with Crippen LogP contribution in [0.25, 0.3) is 0 Å². The predicted octanol–water partition coefficient (Wildman–Crippen LogP) is 2.19.